The smallest absolute Gasteiger partial charge is 0.251 e. The minimum absolute atomic E-state index is 0.253. The molecule has 106 valence electrons. The number of nitrogens with one attached hydrogen (secondary N) is 2. The Kier molecular flexibility index (Phi) is 3.89. The van der Waals surface area contributed by atoms with Crippen molar-refractivity contribution in [3.8, 4) is 0 Å². The van der Waals surface area contributed by atoms with E-state index in [1.165, 1.54) is 12.3 Å². The van der Waals surface area contributed by atoms with Crippen molar-refractivity contribution in [1.82, 2.24) is 10.5 Å². The molecule has 1 aromatic carbocycles. The number of rotatable bonds is 4. The van der Waals surface area contributed by atoms with Gasteiger partial charge in [-0.3, -0.25) is 4.79 Å². The zero-order chi connectivity index (χ0) is 14.8. The fraction of sp³-hybridized carbons (Fsp3) is 0.231. The third kappa shape index (κ3) is 3.45. The fourth-order valence-corrected chi connectivity index (χ4v) is 2.34. The maximum absolute atomic E-state index is 12.0. The van der Waals surface area contributed by atoms with Crippen molar-refractivity contribution in [2.45, 2.75) is 18.4 Å². The van der Waals surface area contributed by atoms with Gasteiger partial charge in [0.25, 0.3) is 5.91 Å². The molecule has 1 amide bonds. The van der Waals surface area contributed by atoms with E-state index in [0.29, 0.717) is 21.9 Å². The van der Waals surface area contributed by atoms with E-state index in [2.05, 4.69) is 10.5 Å². The Morgan fingerprint density at radius 1 is 1.45 bits per heavy atom. The summed E-state index contributed by atoms with van der Waals surface area (Å²) in [4.78, 5) is 12.3. The molecule has 1 atom stereocenters. The normalized spacial score (nSPS) is 13.7. The Morgan fingerprint density at radius 3 is 2.80 bits per heavy atom. The average Bonchev–Trinajstić information content (AvgIpc) is 2.81. The fourth-order valence-electron chi connectivity index (χ4n) is 1.65. The number of amides is 1. The molecule has 0 aliphatic carbocycles. The summed E-state index contributed by atoms with van der Waals surface area (Å²) >= 11 is 0. The molecule has 2 N–H and O–H groups in total. The van der Waals surface area contributed by atoms with Gasteiger partial charge in [-0.05, 0) is 25.1 Å². The SMILES string of the molecule is Cc1cc(CNC(=O)c2cccc(S(C)(=N)=O)c2)no1. The first-order valence-electron chi connectivity index (χ1n) is 5.90. The van der Waals surface area contributed by atoms with Crippen molar-refractivity contribution in [3.05, 3.63) is 47.3 Å². The Labute approximate surface area is 117 Å². The lowest BCUT2D eigenvalue weighted by molar-refractivity contribution is 0.0950. The van der Waals surface area contributed by atoms with Crippen LogP contribution in [0.5, 0.6) is 0 Å². The van der Waals surface area contributed by atoms with Gasteiger partial charge in [-0.25, -0.2) is 8.99 Å². The number of benzene rings is 1. The van der Waals surface area contributed by atoms with Crippen molar-refractivity contribution in [2.75, 3.05) is 6.26 Å². The molecule has 20 heavy (non-hydrogen) atoms. The molecule has 1 aromatic heterocycles. The zero-order valence-electron chi connectivity index (χ0n) is 11.2. The van der Waals surface area contributed by atoms with Gasteiger partial charge in [-0.1, -0.05) is 11.2 Å². The second-order valence-corrected chi connectivity index (χ2v) is 6.64. The standard InChI is InChI=1S/C13H15N3O3S/c1-9-6-11(16-19-9)8-15-13(17)10-4-3-5-12(7-10)20(2,14)18/h3-7,14H,8H2,1-2H3,(H,15,17). The topological polar surface area (TPSA) is 96.1 Å². The van der Waals surface area contributed by atoms with Crippen molar-refractivity contribution in [1.29, 1.82) is 4.78 Å². The van der Waals surface area contributed by atoms with Crippen LogP contribution in [0, 0.1) is 11.7 Å². The van der Waals surface area contributed by atoms with E-state index < -0.39 is 9.73 Å². The van der Waals surface area contributed by atoms with E-state index in [-0.39, 0.29) is 12.5 Å². The van der Waals surface area contributed by atoms with Gasteiger partial charge in [0.1, 0.15) is 11.5 Å². The van der Waals surface area contributed by atoms with E-state index in [4.69, 9.17) is 9.30 Å². The second kappa shape index (κ2) is 5.46. The zero-order valence-corrected chi connectivity index (χ0v) is 12.0. The first-order valence-corrected chi connectivity index (χ1v) is 7.87. The predicted molar refractivity (Wildman–Crippen MR) is 73.9 cm³/mol. The van der Waals surface area contributed by atoms with Crippen LogP contribution in [-0.2, 0) is 16.3 Å². The minimum Gasteiger partial charge on any atom is -0.361 e. The van der Waals surface area contributed by atoms with Crippen LogP contribution in [-0.4, -0.2) is 21.5 Å². The van der Waals surface area contributed by atoms with Crippen LogP contribution >= 0.6 is 0 Å². The molecule has 0 saturated heterocycles. The third-order valence-electron chi connectivity index (χ3n) is 2.65. The summed E-state index contributed by atoms with van der Waals surface area (Å²) < 4.78 is 24.1. The van der Waals surface area contributed by atoms with Crippen molar-refractivity contribution in [2.24, 2.45) is 0 Å². The van der Waals surface area contributed by atoms with Gasteiger partial charge < -0.3 is 9.84 Å². The Balaban J connectivity index is 2.10. The predicted octanol–water partition coefficient (Wildman–Crippen LogP) is 1.95. The van der Waals surface area contributed by atoms with Crippen LogP contribution in [0.15, 0.2) is 39.8 Å². The lowest BCUT2D eigenvalue weighted by Crippen LogP contribution is -2.23. The number of nitrogens with zero attached hydrogens (tertiary/aromatic N) is 1. The van der Waals surface area contributed by atoms with Crippen LogP contribution in [0.4, 0.5) is 0 Å². The molecule has 2 aromatic rings. The molecule has 1 heterocycles. The summed E-state index contributed by atoms with van der Waals surface area (Å²) in [7, 11) is -2.83. The summed E-state index contributed by atoms with van der Waals surface area (Å²) in [5, 5.41) is 6.46. The molecule has 0 radical (unpaired) electrons. The van der Waals surface area contributed by atoms with E-state index in [1.54, 1.807) is 31.2 Å². The molecule has 0 saturated carbocycles. The summed E-state index contributed by atoms with van der Waals surface area (Å²) in [6.07, 6.45) is 1.32. The molecular weight excluding hydrogens is 278 g/mol. The summed E-state index contributed by atoms with van der Waals surface area (Å²) in [5.74, 6) is 0.368. The number of carbonyl (C=O) groups excluding carboxylic acids is 1. The number of aromatic nitrogens is 1. The largest absolute Gasteiger partial charge is 0.361 e. The van der Waals surface area contributed by atoms with Gasteiger partial charge >= 0.3 is 0 Å². The monoisotopic (exact) mass is 293 g/mol. The lowest BCUT2D eigenvalue weighted by atomic mass is 10.2. The van der Waals surface area contributed by atoms with E-state index in [0.717, 1.165) is 0 Å². The summed E-state index contributed by atoms with van der Waals surface area (Å²) in [5.41, 5.74) is 0.997. The highest BCUT2D eigenvalue weighted by atomic mass is 32.2. The number of hydrogen-bond donors (Lipinski definition) is 2. The van der Waals surface area contributed by atoms with E-state index >= 15 is 0 Å². The maximum atomic E-state index is 12.0. The lowest BCUT2D eigenvalue weighted by Gasteiger charge is -2.06. The first-order chi connectivity index (χ1) is 9.36. The van der Waals surface area contributed by atoms with Gasteiger partial charge in [0.05, 0.1) is 16.3 Å². The van der Waals surface area contributed by atoms with Crippen LogP contribution in [0.2, 0.25) is 0 Å². The highest BCUT2D eigenvalue weighted by molar-refractivity contribution is 7.91. The minimum atomic E-state index is -2.83. The molecule has 2 rings (SSSR count). The van der Waals surface area contributed by atoms with Gasteiger partial charge in [-0.2, -0.15) is 0 Å². The summed E-state index contributed by atoms with van der Waals surface area (Å²) in [6, 6.07) is 8.01. The van der Waals surface area contributed by atoms with E-state index in [1.807, 2.05) is 0 Å². The van der Waals surface area contributed by atoms with Crippen LogP contribution in [0.3, 0.4) is 0 Å². The number of aryl methyl sites for hydroxylation is 1. The number of hydrogen-bond acceptors (Lipinski definition) is 5. The van der Waals surface area contributed by atoms with Gasteiger partial charge in [0, 0.05) is 22.8 Å². The Morgan fingerprint density at radius 2 is 2.20 bits per heavy atom. The molecule has 0 aliphatic heterocycles. The summed E-state index contributed by atoms with van der Waals surface area (Å²) in [6.45, 7) is 2.02. The molecule has 0 fully saturated rings. The van der Waals surface area contributed by atoms with Crippen molar-refractivity contribution >= 4 is 15.6 Å². The van der Waals surface area contributed by atoms with Crippen molar-refractivity contribution < 1.29 is 13.5 Å². The molecule has 6 nitrogen and oxygen atoms in total. The Hall–Kier alpha value is -2.15. The van der Waals surface area contributed by atoms with Gasteiger partial charge in [-0.15, -0.1) is 0 Å². The molecule has 7 heteroatoms. The van der Waals surface area contributed by atoms with Gasteiger partial charge in [0.15, 0.2) is 0 Å². The van der Waals surface area contributed by atoms with Crippen LogP contribution < -0.4 is 5.32 Å². The second-order valence-electron chi connectivity index (χ2n) is 4.48. The molecule has 0 spiro atoms. The van der Waals surface area contributed by atoms with E-state index in [9.17, 15) is 9.00 Å². The third-order valence-corrected chi connectivity index (χ3v) is 3.81. The maximum Gasteiger partial charge on any atom is 0.251 e. The molecule has 0 bridgehead atoms. The molecule has 0 aliphatic rings. The highest BCUT2D eigenvalue weighted by Crippen LogP contribution is 2.12. The van der Waals surface area contributed by atoms with Gasteiger partial charge in [0.2, 0.25) is 0 Å². The van der Waals surface area contributed by atoms with Crippen molar-refractivity contribution in [3.63, 3.8) is 0 Å². The van der Waals surface area contributed by atoms with Crippen LogP contribution in [0.1, 0.15) is 21.8 Å². The molecule has 1 unspecified atom stereocenters. The number of carbonyl (C=O) groups is 1. The quantitative estimate of drug-likeness (QED) is 0.900. The molecular formula is C13H15N3O3S. The first kappa shape index (κ1) is 14.3. The highest BCUT2D eigenvalue weighted by Gasteiger charge is 2.10. The van der Waals surface area contributed by atoms with Crippen LogP contribution in [0.25, 0.3) is 0 Å². The average molecular weight is 293 g/mol. The Bertz CT molecular complexity index is 735.